The molecule has 0 heterocycles. The number of nitrogens with one attached hydrogen (secondary N) is 2. The number of benzene rings is 3. The summed E-state index contributed by atoms with van der Waals surface area (Å²) in [6, 6.07) is 26.1. The quantitative estimate of drug-likeness (QED) is 0.682. The molecule has 0 unspecified atom stereocenters. The van der Waals surface area contributed by atoms with Crippen LogP contribution in [0.2, 0.25) is 0 Å². The maximum absolute atomic E-state index is 12.2. The Morgan fingerprint density at radius 2 is 1.48 bits per heavy atom. The molecule has 3 aromatic carbocycles. The van der Waals surface area contributed by atoms with E-state index in [9.17, 15) is 4.79 Å². The van der Waals surface area contributed by atoms with Crippen molar-refractivity contribution in [2.45, 2.75) is 19.9 Å². The van der Waals surface area contributed by atoms with E-state index in [2.05, 4.69) is 22.8 Å². The predicted octanol–water partition coefficient (Wildman–Crippen LogP) is 4.79. The molecule has 0 aliphatic heterocycles. The van der Waals surface area contributed by atoms with Crippen LogP contribution in [0.1, 0.15) is 16.7 Å². The molecule has 0 aliphatic carbocycles. The van der Waals surface area contributed by atoms with Crippen molar-refractivity contribution in [3.8, 4) is 0 Å². The van der Waals surface area contributed by atoms with E-state index in [1.807, 2.05) is 73.7 Å². The van der Waals surface area contributed by atoms with Crippen LogP contribution >= 0.6 is 0 Å². The fourth-order valence-corrected chi connectivity index (χ4v) is 2.68. The summed E-state index contributed by atoms with van der Waals surface area (Å²) in [6.07, 6.45) is 0.385. The Kier molecular flexibility index (Phi) is 5.47. The highest BCUT2D eigenvalue weighted by Gasteiger charge is 2.04. The molecule has 0 aliphatic rings. The Morgan fingerprint density at radius 3 is 2.20 bits per heavy atom. The highest BCUT2D eigenvalue weighted by Crippen LogP contribution is 2.15. The van der Waals surface area contributed by atoms with Gasteiger partial charge >= 0.3 is 0 Å². The van der Waals surface area contributed by atoms with Crippen LogP contribution < -0.4 is 10.6 Å². The third-order valence-electron chi connectivity index (χ3n) is 3.96. The Hall–Kier alpha value is -3.07. The van der Waals surface area contributed by atoms with E-state index in [1.54, 1.807) is 0 Å². The Morgan fingerprint density at radius 1 is 0.800 bits per heavy atom. The smallest absolute Gasteiger partial charge is 0.228 e. The van der Waals surface area contributed by atoms with E-state index >= 15 is 0 Å². The Labute approximate surface area is 148 Å². The minimum absolute atomic E-state index is 0.00408. The van der Waals surface area contributed by atoms with Crippen molar-refractivity contribution in [3.63, 3.8) is 0 Å². The van der Waals surface area contributed by atoms with Gasteiger partial charge in [-0.25, -0.2) is 0 Å². The van der Waals surface area contributed by atoms with Crippen molar-refractivity contribution in [3.05, 3.63) is 95.6 Å². The van der Waals surface area contributed by atoms with Crippen molar-refractivity contribution in [1.29, 1.82) is 0 Å². The molecule has 0 radical (unpaired) electrons. The molecule has 2 N–H and O–H groups in total. The summed E-state index contributed by atoms with van der Waals surface area (Å²) < 4.78 is 0. The number of carbonyl (C=O) groups is 1. The van der Waals surface area contributed by atoms with Gasteiger partial charge in [0.05, 0.1) is 6.42 Å². The fourth-order valence-electron chi connectivity index (χ4n) is 2.68. The molecule has 0 bridgehead atoms. The molecule has 3 rings (SSSR count). The van der Waals surface area contributed by atoms with E-state index in [-0.39, 0.29) is 5.91 Å². The fraction of sp³-hybridized carbons (Fsp3) is 0.136. The van der Waals surface area contributed by atoms with Gasteiger partial charge in [-0.05, 0) is 42.3 Å². The zero-order valence-electron chi connectivity index (χ0n) is 14.3. The van der Waals surface area contributed by atoms with Crippen LogP contribution in [-0.4, -0.2) is 5.91 Å². The normalized spacial score (nSPS) is 10.3. The molecule has 0 fully saturated rings. The second-order valence-corrected chi connectivity index (χ2v) is 6.13. The van der Waals surface area contributed by atoms with Crippen LogP contribution in [0.5, 0.6) is 0 Å². The molecule has 3 nitrogen and oxygen atoms in total. The van der Waals surface area contributed by atoms with Crippen LogP contribution in [0.15, 0.2) is 78.9 Å². The summed E-state index contributed by atoms with van der Waals surface area (Å²) in [4.78, 5) is 12.2. The first-order valence-corrected chi connectivity index (χ1v) is 8.42. The summed E-state index contributed by atoms with van der Waals surface area (Å²) in [6.45, 7) is 2.81. The zero-order chi connectivity index (χ0) is 17.5. The lowest BCUT2D eigenvalue weighted by Gasteiger charge is -2.09. The molecule has 1 amide bonds. The third kappa shape index (κ3) is 5.21. The van der Waals surface area contributed by atoms with E-state index in [4.69, 9.17) is 0 Å². The number of carbonyl (C=O) groups excluding carboxylic acids is 1. The molecule has 0 saturated heterocycles. The molecule has 0 aromatic heterocycles. The van der Waals surface area contributed by atoms with E-state index in [1.165, 1.54) is 11.1 Å². The number of hydrogen-bond acceptors (Lipinski definition) is 2. The minimum Gasteiger partial charge on any atom is -0.381 e. The van der Waals surface area contributed by atoms with Gasteiger partial charge in [-0.1, -0.05) is 60.2 Å². The largest absolute Gasteiger partial charge is 0.381 e. The van der Waals surface area contributed by atoms with E-state index < -0.39 is 0 Å². The first-order chi connectivity index (χ1) is 12.2. The molecular weight excluding hydrogens is 308 g/mol. The van der Waals surface area contributed by atoms with Gasteiger partial charge < -0.3 is 10.6 Å². The number of anilines is 2. The molecule has 0 saturated carbocycles. The maximum Gasteiger partial charge on any atom is 0.228 e. The molecule has 25 heavy (non-hydrogen) atoms. The monoisotopic (exact) mass is 330 g/mol. The summed E-state index contributed by atoms with van der Waals surface area (Å²) in [5.74, 6) is -0.00408. The topological polar surface area (TPSA) is 41.1 Å². The van der Waals surface area contributed by atoms with Gasteiger partial charge in [0, 0.05) is 17.9 Å². The SMILES string of the molecule is Cc1cccc(CC(=O)Nc2ccc(NCc3ccccc3)cc2)c1. The number of amides is 1. The van der Waals surface area contributed by atoms with Crippen LogP contribution in [0.4, 0.5) is 11.4 Å². The van der Waals surface area contributed by atoms with Gasteiger partial charge in [-0.3, -0.25) is 4.79 Å². The second kappa shape index (κ2) is 8.15. The summed E-state index contributed by atoms with van der Waals surface area (Å²) in [7, 11) is 0. The van der Waals surface area contributed by atoms with Gasteiger partial charge in [0.25, 0.3) is 0 Å². The lowest BCUT2D eigenvalue weighted by Crippen LogP contribution is -2.14. The van der Waals surface area contributed by atoms with E-state index in [0.29, 0.717) is 6.42 Å². The summed E-state index contributed by atoms with van der Waals surface area (Å²) in [5, 5.41) is 6.32. The maximum atomic E-state index is 12.2. The molecule has 0 spiro atoms. The van der Waals surface area contributed by atoms with Crippen molar-refractivity contribution < 1.29 is 4.79 Å². The van der Waals surface area contributed by atoms with Gasteiger partial charge in [0.15, 0.2) is 0 Å². The first-order valence-electron chi connectivity index (χ1n) is 8.42. The minimum atomic E-state index is -0.00408. The standard InChI is InChI=1S/C22H22N2O/c1-17-6-5-9-19(14-17)15-22(25)24-21-12-10-20(11-13-21)23-16-18-7-3-2-4-8-18/h2-14,23H,15-16H2,1H3,(H,24,25). The Bertz CT molecular complexity index is 826. The number of aryl methyl sites for hydroxylation is 1. The van der Waals surface area contributed by atoms with Gasteiger partial charge in [-0.15, -0.1) is 0 Å². The summed E-state index contributed by atoms with van der Waals surface area (Å²) in [5.41, 5.74) is 5.26. The molecule has 0 atom stereocenters. The third-order valence-corrected chi connectivity index (χ3v) is 3.96. The highest BCUT2D eigenvalue weighted by molar-refractivity contribution is 5.92. The predicted molar refractivity (Wildman–Crippen MR) is 104 cm³/mol. The van der Waals surface area contributed by atoms with Crippen molar-refractivity contribution in [1.82, 2.24) is 0 Å². The van der Waals surface area contributed by atoms with Gasteiger partial charge in [0.1, 0.15) is 0 Å². The van der Waals surface area contributed by atoms with Gasteiger partial charge in [-0.2, -0.15) is 0 Å². The van der Waals surface area contributed by atoms with Crippen LogP contribution in [0.3, 0.4) is 0 Å². The van der Waals surface area contributed by atoms with Crippen LogP contribution in [0.25, 0.3) is 0 Å². The Balaban J connectivity index is 1.52. The molecule has 126 valence electrons. The van der Waals surface area contributed by atoms with Crippen molar-refractivity contribution >= 4 is 17.3 Å². The van der Waals surface area contributed by atoms with Crippen LogP contribution in [-0.2, 0) is 17.8 Å². The second-order valence-electron chi connectivity index (χ2n) is 6.13. The van der Waals surface area contributed by atoms with Crippen LogP contribution in [0, 0.1) is 6.92 Å². The number of hydrogen-bond donors (Lipinski definition) is 2. The lowest BCUT2D eigenvalue weighted by molar-refractivity contribution is -0.115. The molecular formula is C22H22N2O. The van der Waals surface area contributed by atoms with Crippen molar-refractivity contribution in [2.75, 3.05) is 10.6 Å². The average Bonchev–Trinajstić information content (AvgIpc) is 2.62. The van der Waals surface area contributed by atoms with Crippen molar-refractivity contribution in [2.24, 2.45) is 0 Å². The lowest BCUT2D eigenvalue weighted by atomic mass is 10.1. The number of rotatable bonds is 6. The average molecular weight is 330 g/mol. The van der Waals surface area contributed by atoms with E-state index in [0.717, 1.165) is 23.5 Å². The zero-order valence-corrected chi connectivity index (χ0v) is 14.3. The van der Waals surface area contributed by atoms with Gasteiger partial charge in [0.2, 0.25) is 5.91 Å². The highest BCUT2D eigenvalue weighted by atomic mass is 16.1. The summed E-state index contributed by atoms with van der Waals surface area (Å²) >= 11 is 0. The first kappa shape index (κ1) is 16.8. The molecule has 3 aromatic rings. The molecule has 3 heteroatoms.